The van der Waals surface area contributed by atoms with Gasteiger partial charge in [-0.2, -0.15) is 11.8 Å². The van der Waals surface area contributed by atoms with Crippen molar-refractivity contribution in [2.45, 2.75) is 18.8 Å². The molecule has 0 heterocycles. The summed E-state index contributed by atoms with van der Waals surface area (Å²) in [4.78, 5) is 4.25. The van der Waals surface area contributed by atoms with Gasteiger partial charge >= 0.3 is 0 Å². The molecule has 0 aliphatic heterocycles. The maximum Gasteiger partial charge on any atom is 0.191 e. The summed E-state index contributed by atoms with van der Waals surface area (Å²) >= 11 is 1.66. The third-order valence-electron chi connectivity index (χ3n) is 4.14. The minimum absolute atomic E-state index is 0. The van der Waals surface area contributed by atoms with Gasteiger partial charge in [0.1, 0.15) is 12.4 Å². The van der Waals surface area contributed by atoms with Crippen LogP contribution in [0.5, 0.6) is 11.5 Å². The number of benzene rings is 2. The Morgan fingerprint density at radius 3 is 2.57 bits per heavy atom. The molecule has 30 heavy (non-hydrogen) atoms. The van der Waals surface area contributed by atoms with E-state index in [1.54, 1.807) is 38.1 Å². The number of ether oxygens (including phenoxy) is 2. The number of terminal acetylenes is 1. The van der Waals surface area contributed by atoms with Gasteiger partial charge in [0.05, 0.1) is 7.11 Å². The van der Waals surface area contributed by atoms with E-state index in [9.17, 15) is 4.39 Å². The van der Waals surface area contributed by atoms with Crippen LogP contribution >= 0.6 is 35.7 Å². The van der Waals surface area contributed by atoms with E-state index in [-0.39, 0.29) is 36.4 Å². The first kappa shape index (κ1) is 25.9. The fourth-order valence-electron chi connectivity index (χ4n) is 2.71. The van der Waals surface area contributed by atoms with Crippen molar-refractivity contribution in [2.24, 2.45) is 4.99 Å². The Kier molecular flexibility index (Phi) is 12.1. The highest BCUT2D eigenvalue weighted by molar-refractivity contribution is 14.0. The molecule has 5 nitrogen and oxygen atoms in total. The smallest absolute Gasteiger partial charge is 0.191 e. The van der Waals surface area contributed by atoms with Gasteiger partial charge in [0.25, 0.3) is 0 Å². The van der Waals surface area contributed by atoms with Crippen LogP contribution < -0.4 is 20.1 Å². The van der Waals surface area contributed by atoms with E-state index < -0.39 is 0 Å². The molecule has 2 aromatic carbocycles. The van der Waals surface area contributed by atoms with Crippen molar-refractivity contribution in [3.8, 4) is 23.8 Å². The van der Waals surface area contributed by atoms with Crippen molar-refractivity contribution < 1.29 is 13.9 Å². The van der Waals surface area contributed by atoms with Gasteiger partial charge in [0.15, 0.2) is 17.5 Å². The normalized spacial score (nSPS) is 10.6. The lowest BCUT2D eigenvalue weighted by molar-refractivity contribution is 0.330. The summed E-state index contributed by atoms with van der Waals surface area (Å²) in [6, 6.07) is 10.5. The maximum atomic E-state index is 13.5. The average molecular weight is 543 g/mol. The molecule has 0 spiro atoms. The van der Waals surface area contributed by atoms with Crippen LogP contribution in [0.2, 0.25) is 0 Å². The molecule has 0 fully saturated rings. The molecule has 162 valence electrons. The highest BCUT2D eigenvalue weighted by atomic mass is 127. The van der Waals surface area contributed by atoms with Crippen LogP contribution in [0.1, 0.15) is 16.7 Å². The molecule has 0 unspecified atom stereocenters. The molecule has 0 aromatic heterocycles. The molecular weight excluding hydrogens is 516 g/mol. The molecule has 0 saturated carbocycles. The molecule has 0 radical (unpaired) electrons. The quantitative estimate of drug-likeness (QED) is 0.215. The van der Waals surface area contributed by atoms with Crippen LogP contribution in [0.4, 0.5) is 4.39 Å². The van der Waals surface area contributed by atoms with Crippen molar-refractivity contribution in [3.63, 3.8) is 0 Å². The van der Waals surface area contributed by atoms with Crippen LogP contribution in [-0.2, 0) is 18.8 Å². The topological polar surface area (TPSA) is 54.9 Å². The van der Waals surface area contributed by atoms with Gasteiger partial charge in [-0.3, -0.25) is 4.99 Å². The number of halogens is 2. The molecule has 2 rings (SSSR count). The SMILES string of the molecule is C#CCOc1cc(CNC(=NC)NCc2ccc(F)cc2CSC)ccc1OC.I. The zero-order valence-corrected chi connectivity index (χ0v) is 20.5. The van der Waals surface area contributed by atoms with Gasteiger partial charge in [0, 0.05) is 25.9 Å². The Bertz CT molecular complexity index is 887. The van der Waals surface area contributed by atoms with Gasteiger partial charge in [-0.05, 0) is 47.2 Å². The van der Waals surface area contributed by atoms with Crippen molar-refractivity contribution in [2.75, 3.05) is 27.0 Å². The first-order valence-corrected chi connectivity index (χ1v) is 10.4. The first-order valence-electron chi connectivity index (χ1n) is 9.05. The summed E-state index contributed by atoms with van der Waals surface area (Å²) in [7, 11) is 3.29. The van der Waals surface area contributed by atoms with E-state index in [2.05, 4.69) is 21.5 Å². The molecule has 2 aromatic rings. The van der Waals surface area contributed by atoms with E-state index in [0.29, 0.717) is 30.5 Å². The molecule has 0 aliphatic carbocycles. The van der Waals surface area contributed by atoms with Crippen molar-refractivity contribution >= 4 is 41.7 Å². The molecule has 0 saturated heterocycles. The Morgan fingerprint density at radius 1 is 1.13 bits per heavy atom. The first-order chi connectivity index (χ1) is 14.1. The lowest BCUT2D eigenvalue weighted by atomic mass is 10.1. The van der Waals surface area contributed by atoms with E-state index in [4.69, 9.17) is 15.9 Å². The third kappa shape index (κ3) is 7.95. The Morgan fingerprint density at radius 2 is 1.90 bits per heavy atom. The molecule has 0 aliphatic rings. The standard InChI is InChI=1S/C22H26FN3O2S.HI/c1-5-10-28-21-11-16(6-9-20(21)27-3)13-25-22(24-2)26-14-17-7-8-19(23)12-18(17)15-29-4;/h1,6-9,11-12H,10,13-15H2,2-4H3,(H2,24,25,26);1H. The second kappa shape index (κ2) is 14.0. The number of hydrogen-bond acceptors (Lipinski definition) is 4. The summed E-state index contributed by atoms with van der Waals surface area (Å²) < 4.78 is 24.3. The summed E-state index contributed by atoms with van der Waals surface area (Å²) in [6.45, 7) is 1.26. The van der Waals surface area contributed by atoms with Gasteiger partial charge in [-0.25, -0.2) is 4.39 Å². The van der Waals surface area contributed by atoms with Crippen molar-refractivity contribution in [1.29, 1.82) is 0 Å². The van der Waals surface area contributed by atoms with Crippen LogP contribution in [-0.4, -0.2) is 33.0 Å². The summed E-state index contributed by atoms with van der Waals surface area (Å²) in [5, 5.41) is 6.53. The van der Waals surface area contributed by atoms with E-state index in [1.807, 2.05) is 24.5 Å². The molecule has 8 heteroatoms. The van der Waals surface area contributed by atoms with E-state index >= 15 is 0 Å². The Balaban J connectivity index is 0.00000450. The highest BCUT2D eigenvalue weighted by Crippen LogP contribution is 2.28. The summed E-state index contributed by atoms with van der Waals surface area (Å²) in [5.74, 6) is 4.86. The van der Waals surface area contributed by atoms with Gasteiger partial charge in [-0.1, -0.05) is 18.1 Å². The Hall–Kier alpha value is -2.12. The largest absolute Gasteiger partial charge is 0.493 e. The third-order valence-corrected chi connectivity index (χ3v) is 4.74. The zero-order chi connectivity index (χ0) is 21.1. The molecular formula is C22H27FIN3O2S. The Labute approximate surface area is 199 Å². The number of methoxy groups -OCH3 is 1. The summed E-state index contributed by atoms with van der Waals surface area (Å²) in [5.41, 5.74) is 3.01. The van der Waals surface area contributed by atoms with Gasteiger partial charge < -0.3 is 20.1 Å². The number of nitrogens with one attached hydrogen (secondary N) is 2. The van der Waals surface area contributed by atoms with Crippen molar-refractivity contribution in [1.82, 2.24) is 10.6 Å². The number of hydrogen-bond donors (Lipinski definition) is 2. The molecule has 0 amide bonds. The van der Waals surface area contributed by atoms with Crippen molar-refractivity contribution in [3.05, 3.63) is 58.9 Å². The van der Waals surface area contributed by atoms with E-state index in [0.717, 1.165) is 22.4 Å². The molecule has 2 N–H and O–H groups in total. The number of guanidine groups is 1. The predicted octanol–water partition coefficient (Wildman–Crippen LogP) is 4.19. The lowest BCUT2D eigenvalue weighted by Crippen LogP contribution is -2.36. The maximum absolute atomic E-state index is 13.5. The summed E-state index contributed by atoms with van der Waals surface area (Å²) in [6.07, 6.45) is 7.27. The fourth-order valence-corrected chi connectivity index (χ4v) is 3.29. The number of aliphatic imine (C=N–C) groups is 1. The van der Waals surface area contributed by atoms with Crippen LogP contribution in [0.3, 0.4) is 0 Å². The van der Waals surface area contributed by atoms with Gasteiger partial charge in [-0.15, -0.1) is 30.4 Å². The van der Waals surface area contributed by atoms with E-state index in [1.165, 1.54) is 6.07 Å². The number of nitrogens with zero attached hydrogens (tertiary/aromatic N) is 1. The van der Waals surface area contributed by atoms with Crippen LogP contribution in [0.25, 0.3) is 0 Å². The van der Waals surface area contributed by atoms with Crippen LogP contribution in [0.15, 0.2) is 41.4 Å². The molecule has 0 bridgehead atoms. The number of rotatable bonds is 9. The van der Waals surface area contributed by atoms with Gasteiger partial charge in [0.2, 0.25) is 0 Å². The highest BCUT2D eigenvalue weighted by Gasteiger charge is 2.08. The number of thioether (sulfide) groups is 1. The average Bonchev–Trinajstić information content (AvgIpc) is 2.73. The monoisotopic (exact) mass is 543 g/mol. The lowest BCUT2D eigenvalue weighted by Gasteiger charge is -2.15. The predicted molar refractivity (Wildman–Crippen MR) is 133 cm³/mol. The second-order valence-electron chi connectivity index (χ2n) is 6.10. The zero-order valence-electron chi connectivity index (χ0n) is 17.3. The second-order valence-corrected chi connectivity index (χ2v) is 6.97. The molecule has 0 atom stereocenters. The fraction of sp³-hybridized carbons (Fsp3) is 0.318. The van der Waals surface area contributed by atoms with Crippen LogP contribution in [0, 0.1) is 18.2 Å². The minimum atomic E-state index is -0.220. The minimum Gasteiger partial charge on any atom is -0.493 e.